The van der Waals surface area contributed by atoms with Crippen molar-refractivity contribution in [2.75, 3.05) is 0 Å². The molecule has 2 N–H and O–H groups in total. The number of carbonyl (C=O) groups is 3. The summed E-state index contributed by atoms with van der Waals surface area (Å²) >= 11 is 0. The average Bonchev–Trinajstić information content (AvgIpc) is 2.36. The highest BCUT2D eigenvalue weighted by atomic mass is 16.4. The fourth-order valence-electron chi connectivity index (χ4n) is 1.79. The zero-order valence-corrected chi connectivity index (χ0v) is 9.08. The van der Waals surface area contributed by atoms with E-state index in [4.69, 9.17) is 10.2 Å². The summed E-state index contributed by atoms with van der Waals surface area (Å²) in [6.45, 7) is 0. The van der Waals surface area contributed by atoms with Crippen molar-refractivity contribution in [2.24, 2.45) is 0 Å². The molecule has 0 aliphatic heterocycles. The van der Waals surface area contributed by atoms with Crippen molar-refractivity contribution >= 4 is 29.0 Å². The molecule has 2 rings (SSSR count). The van der Waals surface area contributed by atoms with Gasteiger partial charge in [0, 0.05) is 5.56 Å². The number of hydrogen-bond donors (Lipinski definition) is 2. The molecule has 2 aromatic carbocycles. The van der Waals surface area contributed by atoms with E-state index >= 15 is 0 Å². The van der Waals surface area contributed by atoms with E-state index < -0.39 is 11.9 Å². The third kappa shape index (κ3) is 1.82. The molecule has 0 aliphatic rings. The average molecular weight is 244 g/mol. The second-order valence-electron chi connectivity index (χ2n) is 3.69. The lowest BCUT2D eigenvalue weighted by Crippen LogP contribution is -2.03. The Hall–Kier alpha value is -2.69. The molecule has 0 aliphatic carbocycles. The summed E-state index contributed by atoms with van der Waals surface area (Å²) in [5.41, 5.74) is -0.142. The van der Waals surface area contributed by atoms with Crippen LogP contribution in [0, 0.1) is 0 Å². The van der Waals surface area contributed by atoms with E-state index in [1.807, 2.05) is 0 Å². The monoisotopic (exact) mass is 244 g/mol. The topological polar surface area (TPSA) is 91.7 Å². The van der Waals surface area contributed by atoms with E-state index in [0.717, 1.165) is 0 Å². The first-order valence-corrected chi connectivity index (χ1v) is 5.03. The third-order valence-corrected chi connectivity index (χ3v) is 2.66. The fraction of sp³-hybridized carbons (Fsp3) is 0. The van der Waals surface area contributed by atoms with Crippen LogP contribution in [0.25, 0.3) is 10.8 Å². The van der Waals surface area contributed by atoms with Crippen LogP contribution in [-0.2, 0) is 0 Å². The largest absolute Gasteiger partial charge is 0.478 e. The minimum absolute atomic E-state index is 0.00754. The maximum atomic E-state index is 11.0. The molecular formula is C13H8O5. The van der Waals surface area contributed by atoms with Crippen molar-refractivity contribution in [1.82, 2.24) is 0 Å². The first-order chi connectivity index (χ1) is 8.54. The van der Waals surface area contributed by atoms with Crippen LogP contribution in [0.5, 0.6) is 0 Å². The van der Waals surface area contributed by atoms with Gasteiger partial charge >= 0.3 is 11.9 Å². The molecule has 0 heterocycles. The summed E-state index contributed by atoms with van der Waals surface area (Å²) in [7, 11) is 0. The van der Waals surface area contributed by atoms with Crippen LogP contribution >= 0.6 is 0 Å². The van der Waals surface area contributed by atoms with E-state index in [9.17, 15) is 14.4 Å². The third-order valence-electron chi connectivity index (χ3n) is 2.66. The summed E-state index contributed by atoms with van der Waals surface area (Å²) in [6, 6.07) is 7.11. The van der Waals surface area contributed by atoms with Gasteiger partial charge < -0.3 is 10.2 Å². The first kappa shape index (κ1) is 11.8. The van der Waals surface area contributed by atoms with Gasteiger partial charge in [-0.25, -0.2) is 9.59 Å². The molecule has 0 saturated heterocycles. The van der Waals surface area contributed by atoms with Gasteiger partial charge in [0.15, 0.2) is 6.29 Å². The summed E-state index contributed by atoms with van der Waals surface area (Å²) in [5.74, 6) is -2.35. The van der Waals surface area contributed by atoms with E-state index in [1.165, 1.54) is 30.3 Å². The maximum Gasteiger partial charge on any atom is 0.336 e. The van der Waals surface area contributed by atoms with Crippen molar-refractivity contribution in [3.8, 4) is 0 Å². The Morgan fingerprint density at radius 1 is 1.00 bits per heavy atom. The molecule has 0 fully saturated rings. The summed E-state index contributed by atoms with van der Waals surface area (Å²) in [5, 5.41) is 18.8. The lowest BCUT2D eigenvalue weighted by atomic mass is 9.98. The van der Waals surface area contributed by atoms with Gasteiger partial charge in [0.25, 0.3) is 0 Å². The number of aldehydes is 1. The smallest absolute Gasteiger partial charge is 0.336 e. The number of carboxylic acids is 2. The van der Waals surface area contributed by atoms with Crippen molar-refractivity contribution < 1.29 is 24.6 Å². The molecule has 0 unspecified atom stereocenters. The van der Waals surface area contributed by atoms with Crippen LogP contribution in [0.15, 0.2) is 30.3 Å². The minimum atomic E-state index is -1.22. The van der Waals surface area contributed by atoms with Gasteiger partial charge in [-0.2, -0.15) is 0 Å². The highest BCUT2D eigenvalue weighted by Gasteiger charge is 2.14. The molecule has 0 aromatic heterocycles. The predicted octanol–water partition coefficient (Wildman–Crippen LogP) is 2.05. The molecule has 0 spiro atoms. The number of benzene rings is 2. The van der Waals surface area contributed by atoms with Crippen LogP contribution in [0.1, 0.15) is 31.1 Å². The quantitative estimate of drug-likeness (QED) is 0.806. The molecule has 0 radical (unpaired) electrons. The van der Waals surface area contributed by atoms with E-state index in [2.05, 4.69) is 0 Å². The number of aromatic carboxylic acids is 2. The number of fused-ring (bicyclic) bond motifs is 1. The van der Waals surface area contributed by atoms with Gasteiger partial charge in [-0.05, 0) is 29.0 Å². The van der Waals surface area contributed by atoms with Crippen LogP contribution in [0.2, 0.25) is 0 Å². The number of hydrogen-bond acceptors (Lipinski definition) is 3. The second-order valence-corrected chi connectivity index (χ2v) is 3.69. The molecule has 0 saturated carbocycles. The standard InChI is InChI=1S/C13H8O5/c14-6-11-9(13(17)18)4-3-7-1-2-8(12(15)16)5-10(7)11/h1-6H,(H,15,16)(H,17,18). The summed E-state index contributed by atoms with van der Waals surface area (Å²) < 4.78 is 0. The SMILES string of the molecule is O=Cc1c(C(=O)O)ccc2ccc(C(=O)O)cc12. The zero-order chi connectivity index (χ0) is 13.3. The Balaban J connectivity index is 2.85. The van der Waals surface area contributed by atoms with Crippen LogP contribution in [-0.4, -0.2) is 28.4 Å². The molecule has 18 heavy (non-hydrogen) atoms. The van der Waals surface area contributed by atoms with E-state index in [-0.39, 0.29) is 16.7 Å². The maximum absolute atomic E-state index is 11.0. The van der Waals surface area contributed by atoms with Gasteiger partial charge in [-0.3, -0.25) is 4.79 Å². The van der Waals surface area contributed by atoms with Crippen LogP contribution < -0.4 is 0 Å². The molecule has 0 atom stereocenters. The molecule has 0 amide bonds. The predicted molar refractivity (Wildman–Crippen MR) is 63.3 cm³/mol. The van der Waals surface area contributed by atoms with Crippen molar-refractivity contribution in [2.45, 2.75) is 0 Å². The minimum Gasteiger partial charge on any atom is -0.478 e. The number of carboxylic acid groups (broad SMARTS) is 2. The van der Waals surface area contributed by atoms with E-state index in [0.29, 0.717) is 17.1 Å². The van der Waals surface area contributed by atoms with Gasteiger partial charge in [0.1, 0.15) is 0 Å². The lowest BCUT2D eigenvalue weighted by Gasteiger charge is -2.06. The normalized spacial score (nSPS) is 10.2. The van der Waals surface area contributed by atoms with Crippen molar-refractivity contribution in [1.29, 1.82) is 0 Å². The summed E-state index contributed by atoms with van der Waals surface area (Å²) in [6.07, 6.45) is 0.428. The molecule has 2 aromatic rings. The Morgan fingerprint density at radius 2 is 1.67 bits per heavy atom. The Labute approximate surface area is 101 Å². The van der Waals surface area contributed by atoms with Crippen LogP contribution in [0.3, 0.4) is 0 Å². The Morgan fingerprint density at radius 3 is 2.22 bits per heavy atom. The molecule has 0 bridgehead atoms. The van der Waals surface area contributed by atoms with Gasteiger partial charge in [0.2, 0.25) is 0 Å². The fourth-order valence-corrected chi connectivity index (χ4v) is 1.79. The first-order valence-electron chi connectivity index (χ1n) is 5.03. The van der Waals surface area contributed by atoms with Crippen LogP contribution in [0.4, 0.5) is 0 Å². The summed E-state index contributed by atoms with van der Waals surface area (Å²) in [4.78, 5) is 32.8. The highest BCUT2D eigenvalue weighted by Crippen LogP contribution is 2.23. The van der Waals surface area contributed by atoms with Gasteiger partial charge in [-0.1, -0.05) is 12.1 Å². The molecule has 90 valence electrons. The van der Waals surface area contributed by atoms with Gasteiger partial charge in [0.05, 0.1) is 11.1 Å². The number of rotatable bonds is 3. The van der Waals surface area contributed by atoms with Gasteiger partial charge in [-0.15, -0.1) is 0 Å². The molecule has 5 nitrogen and oxygen atoms in total. The number of carbonyl (C=O) groups excluding carboxylic acids is 1. The lowest BCUT2D eigenvalue weighted by molar-refractivity contribution is 0.0686. The Kier molecular flexibility index (Phi) is 2.81. The zero-order valence-electron chi connectivity index (χ0n) is 9.08. The molecular weight excluding hydrogens is 236 g/mol. The van der Waals surface area contributed by atoms with Crippen molar-refractivity contribution in [3.63, 3.8) is 0 Å². The molecule has 5 heteroatoms. The Bertz CT molecular complexity index is 667. The van der Waals surface area contributed by atoms with Crippen molar-refractivity contribution in [3.05, 3.63) is 47.0 Å². The highest BCUT2D eigenvalue weighted by molar-refractivity contribution is 6.09. The second kappa shape index (κ2) is 4.29. The van der Waals surface area contributed by atoms with E-state index in [1.54, 1.807) is 0 Å².